The van der Waals surface area contributed by atoms with E-state index in [1.54, 1.807) is 4.90 Å². The van der Waals surface area contributed by atoms with Crippen LogP contribution in [-0.2, 0) is 20.7 Å². The van der Waals surface area contributed by atoms with Gasteiger partial charge in [-0.3, -0.25) is 9.69 Å². The quantitative estimate of drug-likeness (QED) is 0.804. The third kappa shape index (κ3) is 4.64. The Hall–Kier alpha value is -2.02. The molecule has 27 heavy (non-hydrogen) atoms. The molecule has 1 aromatic rings. The molecule has 2 bridgehead atoms. The van der Waals surface area contributed by atoms with Crippen molar-refractivity contribution >= 4 is 11.9 Å². The molecule has 3 rings (SSSR count). The summed E-state index contributed by atoms with van der Waals surface area (Å²) in [6, 6.07) is 3.09. The predicted octanol–water partition coefficient (Wildman–Crippen LogP) is 3.49. The lowest BCUT2D eigenvalue weighted by Gasteiger charge is -2.47. The fourth-order valence-electron chi connectivity index (χ4n) is 3.79. The second-order valence-electron chi connectivity index (χ2n) is 8.29. The first-order chi connectivity index (χ1) is 12.6. The fourth-order valence-corrected chi connectivity index (χ4v) is 3.79. The van der Waals surface area contributed by atoms with Crippen LogP contribution in [0, 0.1) is 17.6 Å². The smallest absolute Gasteiger partial charge is 0.410 e. The van der Waals surface area contributed by atoms with Crippen LogP contribution in [-0.4, -0.2) is 47.7 Å². The Morgan fingerprint density at radius 2 is 1.78 bits per heavy atom. The molecule has 0 spiro atoms. The molecule has 0 aliphatic carbocycles. The summed E-state index contributed by atoms with van der Waals surface area (Å²) in [6.45, 7) is 6.18. The SMILES string of the molecule is CC(C)(C)OC(=O)N1C2COCC1CC(C(=O)Cc1ccc(F)c(F)c1)C2. The van der Waals surface area contributed by atoms with Crippen molar-refractivity contribution in [3.8, 4) is 0 Å². The standard InChI is InChI=1S/C20H25F2NO4/c1-20(2,3)27-19(25)23-14-8-13(9-15(23)11-26-10-14)18(24)7-12-4-5-16(21)17(22)6-12/h4-6,13-15H,7-11H2,1-3H3. The molecule has 2 fully saturated rings. The van der Waals surface area contributed by atoms with Gasteiger partial charge in [0.15, 0.2) is 11.6 Å². The van der Waals surface area contributed by atoms with E-state index >= 15 is 0 Å². The van der Waals surface area contributed by atoms with E-state index in [2.05, 4.69) is 0 Å². The molecule has 2 heterocycles. The highest BCUT2D eigenvalue weighted by Crippen LogP contribution is 2.34. The summed E-state index contributed by atoms with van der Waals surface area (Å²) < 4.78 is 37.5. The average molecular weight is 381 g/mol. The maximum atomic E-state index is 13.4. The van der Waals surface area contributed by atoms with Crippen LogP contribution in [0.3, 0.4) is 0 Å². The highest BCUT2D eigenvalue weighted by Gasteiger charge is 2.44. The van der Waals surface area contributed by atoms with Gasteiger partial charge in [-0.25, -0.2) is 13.6 Å². The number of hydrogen-bond acceptors (Lipinski definition) is 4. The number of hydrogen-bond donors (Lipinski definition) is 0. The van der Waals surface area contributed by atoms with Crippen LogP contribution in [0.2, 0.25) is 0 Å². The lowest BCUT2D eigenvalue weighted by atomic mass is 9.81. The molecule has 1 aromatic carbocycles. The van der Waals surface area contributed by atoms with Gasteiger partial charge in [0.1, 0.15) is 11.4 Å². The Labute approximate surface area is 157 Å². The van der Waals surface area contributed by atoms with Gasteiger partial charge >= 0.3 is 6.09 Å². The highest BCUT2D eigenvalue weighted by molar-refractivity contribution is 5.84. The molecule has 2 atom stereocenters. The number of nitrogens with zero attached hydrogens (tertiary/aromatic N) is 1. The Morgan fingerprint density at radius 1 is 1.15 bits per heavy atom. The molecular formula is C20H25F2NO4. The number of carbonyl (C=O) groups is 2. The van der Waals surface area contributed by atoms with Crippen LogP contribution in [0.4, 0.5) is 13.6 Å². The van der Waals surface area contributed by atoms with Crippen molar-refractivity contribution in [2.75, 3.05) is 13.2 Å². The number of halogens is 2. The maximum absolute atomic E-state index is 13.4. The zero-order valence-electron chi connectivity index (χ0n) is 15.8. The maximum Gasteiger partial charge on any atom is 0.410 e. The summed E-state index contributed by atoms with van der Waals surface area (Å²) in [5, 5.41) is 0. The molecule has 5 nitrogen and oxygen atoms in total. The van der Waals surface area contributed by atoms with Crippen molar-refractivity contribution in [1.29, 1.82) is 0 Å². The van der Waals surface area contributed by atoms with Crippen LogP contribution in [0.1, 0.15) is 39.2 Å². The van der Waals surface area contributed by atoms with Gasteiger partial charge in [-0.1, -0.05) is 6.07 Å². The number of piperidine rings is 1. The average Bonchev–Trinajstić information content (AvgIpc) is 2.55. The summed E-state index contributed by atoms with van der Waals surface area (Å²) in [5.41, 5.74) is -0.138. The van der Waals surface area contributed by atoms with Gasteiger partial charge in [0, 0.05) is 12.3 Å². The molecule has 2 unspecified atom stereocenters. The fraction of sp³-hybridized carbons (Fsp3) is 0.600. The zero-order chi connectivity index (χ0) is 19.8. The number of ketones is 1. The number of rotatable bonds is 3. The summed E-state index contributed by atoms with van der Waals surface area (Å²) >= 11 is 0. The van der Waals surface area contributed by atoms with Gasteiger partial charge in [0.05, 0.1) is 25.3 Å². The second-order valence-corrected chi connectivity index (χ2v) is 8.29. The minimum absolute atomic E-state index is 0.0262. The Kier molecular flexibility index (Phi) is 5.51. The summed E-state index contributed by atoms with van der Waals surface area (Å²) in [7, 11) is 0. The van der Waals surface area contributed by atoms with E-state index in [4.69, 9.17) is 9.47 Å². The van der Waals surface area contributed by atoms with Crippen molar-refractivity contribution in [3.05, 3.63) is 35.4 Å². The molecule has 7 heteroatoms. The largest absolute Gasteiger partial charge is 0.444 e. The molecule has 2 saturated heterocycles. The van der Waals surface area contributed by atoms with Crippen molar-refractivity contribution in [2.24, 2.45) is 5.92 Å². The van der Waals surface area contributed by atoms with E-state index in [9.17, 15) is 18.4 Å². The third-order valence-corrected chi connectivity index (χ3v) is 4.94. The van der Waals surface area contributed by atoms with E-state index in [-0.39, 0.29) is 36.3 Å². The number of carbonyl (C=O) groups excluding carboxylic acids is 2. The van der Waals surface area contributed by atoms with Gasteiger partial charge in [-0.15, -0.1) is 0 Å². The third-order valence-electron chi connectivity index (χ3n) is 4.94. The van der Waals surface area contributed by atoms with Gasteiger partial charge < -0.3 is 9.47 Å². The monoisotopic (exact) mass is 381 g/mol. The van der Waals surface area contributed by atoms with Gasteiger partial charge in [0.25, 0.3) is 0 Å². The zero-order valence-corrected chi connectivity index (χ0v) is 15.8. The lowest BCUT2D eigenvalue weighted by Crippen LogP contribution is -2.60. The molecule has 148 valence electrons. The van der Waals surface area contributed by atoms with E-state index < -0.39 is 17.2 Å². The Morgan fingerprint density at radius 3 is 2.33 bits per heavy atom. The van der Waals surface area contributed by atoms with Crippen molar-refractivity contribution in [3.63, 3.8) is 0 Å². The number of ether oxygens (including phenoxy) is 2. The van der Waals surface area contributed by atoms with E-state index in [1.807, 2.05) is 20.8 Å². The normalized spacial score (nSPS) is 25.2. The topological polar surface area (TPSA) is 55.8 Å². The molecular weight excluding hydrogens is 356 g/mol. The van der Waals surface area contributed by atoms with E-state index in [1.165, 1.54) is 6.07 Å². The van der Waals surface area contributed by atoms with Crippen LogP contribution < -0.4 is 0 Å². The predicted molar refractivity (Wildman–Crippen MR) is 94.3 cm³/mol. The first-order valence-electron chi connectivity index (χ1n) is 9.20. The van der Waals surface area contributed by atoms with E-state index in [0.29, 0.717) is 31.6 Å². The van der Waals surface area contributed by atoms with Crippen molar-refractivity contribution < 1.29 is 27.8 Å². The summed E-state index contributed by atoms with van der Waals surface area (Å²) in [5.74, 6) is -2.15. The second kappa shape index (κ2) is 7.54. The number of benzene rings is 1. The Balaban J connectivity index is 1.67. The van der Waals surface area contributed by atoms with Crippen LogP contribution in [0.25, 0.3) is 0 Å². The summed E-state index contributed by atoms with van der Waals surface area (Å²) in [6.07, 6.45) is 0.637. The molecule has 2 aliphatic rings. The highest BCUT2D eigenvalue weighted by atomic mass is 19.2. The first kappa shape index (κ1) is 19.7. The van der Waals surface area contributed by atoms with E-state index in [0.717, 1.165) is 12.1 Å². The van der Waals surface area contributed by atoms with Crippen molar-refractivity contribution in [1.82, 2.24) is 4.90 Å². The van der Waals surface area contributed by atoms with Gasteiger partial charge in [-0.05, 0) is 51.3 Å². The number of fused-ring (bicyclic) bond motifs is 2. The van der Waals surface area contributed by atoms with Crippen molar-refractivity contribution in [2.45, 2.75) is 57.7 Å². The molecule has 0 radical (unpaired) electrons. The molecule has 2 aliphatic heterocycles. The first-order valence-corrected chi connectivity index (χ1v) is 9.20. The van der Waals surface area contributed by atoms with Crippen LogP contribution in [0.5, 0.6) is 0 Å². The minimum Gasteiger partial charge on any atom is -0.444 e. The molecule has 0 saturated carbocycles. The van der Waals surface area contributed by atoms with Gasteiger partial charge in [-0.2, -0.15) is 0 Å². The minimum atomic E-state index is -0.953. The number of Topliss-reactive ketones (excluding diaryl/α,β-unsaturated/α-hetero) is 1. The summed E-state index contributed by atoms with van der Waals surface area (Å²) in [4.78, 5) is 27.0. The molecule has 0 N–H and O–H groups in total. The molecule has 0 aromatic heterocycles. The molecule has 1 amide bonds. The van der Waals surface area contributed by atoms with Crippen LogP contribution in [0.15, 0.2) is 18.2 Å². The van der Waals surface area contributed by atoms with Gasteiger partial charge in [0.2, 0.25) is 0 Å². The number of amides is 1. The number of morpholine rings is 1. The van der Waals surface area contributed by atoms with Crippen LogP contribution >= 0.6 is 0 Å². The lowest BCUT2D eigenvalue weighted by molar-refractivity contribution is -0.131. The Bertz CT molecular complexity index is 717.